The monoisotopic (exact) mass is 354 g/mol. The summed E-state index contributed by atoms with van der Waals surface area (Å²) in [5.41, 5.74) is 1.06. The molecule has 0 fully saturated rings. The molecule has 1 aromatic heterocycles. The van der Waals surface area contributed by atoms with Crippen molar-refractivity contribution < 1.29 is 9.84 Å². The van der Waals surface area contributed by atoms with Gasteiger partial charge in [-0.15, -0.1) is 23.1 Å². The third-order valence-corrected chi connectivity index (χ3v) is 5.38. The first-order chi connectivity index (χ1) is 11.7. The van der Waals surface area contributed by atoms with E-state index in [4.69, 9.17) is 4.74 Å². The van der Waals surface area contributed by atoms with Crippen LogP contribution in [0.4, 0.5) is 0 Å². The minimum absolute atomic E-state index is 0.0318. The quantitative estimate of drug-likeness (QED) is 0.401. The van der Waals surface area contributed by atoms with Crippen LogP contribution in [0.1, 0.15) is 5.01 Å². The Balaban J connectivity index is 1.83. The maximum Gasteiger partial charge on any atom is 0.138 e. The molecule has 6 heteroatoms. The molecule has 0 aliphatic heterocycles. The van der Waals surface area contributed by atoms with Crippen molar-refractivity contribution in [1.29, 1.82) is 5.26 Å². The number of hydrogen-bond acceptors (Lipinski definition) is 6. The molecular formula is C18H14N2O2S2. The molecule has 120 valence electrons. The van der Waals surface area contributed by atoms with Gasteiger partial charge in [-0.1, -0.05) is 18.2 Å². The molecule has 3 aromatic rings. The SMILES string of the molecule is COc1cccc(SCC(O)=C(C#N)c2nc3ccccc3s2)c1. The normalized spacial score (nSPS) is 11.8. The third-order valence-electron chi connectivity index (χ3n) is 3.32. The van der Waals surface area contributed by atoms with E-state index < -0.39 is 0 Å². The number of benzene rings is 2. The molecule has 0 aliphatic carbocycles. The zero-order chi connectivity index (χ0) is 16.9. The minimum Gasteiger partial charge on any atom is -0.510 e. The number of thiazole rings is 1. The summed E-state index contributed by atoms with van der Waals surface area (Å²) in [5, 5.41) is 20.3. The topological polar surface area (TPSA) is 66.1 Å². The molecule has 0 bridgehead atoms. The van der Waals surface area contributed by atoms with Crippen molar-refractivity contribution in [3.63, 3.8) is 0 Å². The highest BCUT2D eigenvalue weighted by molar-refractivity contribution is 7.99. The maximum absolute atomic E-state index is 10.3. The molecule has 24 heavy (non-hydrogen) atoms. The van der Waals surface area contributed by atoms with E-state index in [-0.39, 0.29) is 11.3 Å². The lowest BCUT2D eigenvalue weighted by molar-refractivity contribution is 0.413. The fraction of sp³-hybridized carbons (Fsp3) is 0.111. The van der Waals surface area contributed by atoms with Gasteiger partial charge in [0.1, 0.15) is 28.2 Å². The van der Waals surface area contributed by atoms with Crippen LogP contribution in [0, 0.1) is 11.3 Å². The van der Waals surface area contributed by atoms with E-state index in [2.05, 4.69) is 11.1 Å². The van der Waals surface area contributed by atoms with Crippen molar-refractivity contribution in [3.05, 3.63) is 59.3 Å². The molecule has 0 spiro atoms. The van der Waals surface area contributed by atoms with Gasteiger partial charge in [-0.25, -0.2) is 4.98 Å². The lowest BCUT2D eigenvalue weighted by atomic mass is 10.2. The van der Waals surface area contributed by atoms with Gasteiger partial charge in [0.15, 0.2) is 0 Å². The molecule has 0 saturated heterocycles. The Morgan fingerprint density at radius 3 is 2.88 bits per heavy atom. The lowest BCUT2D eigenvalue weighted by Crippen LogP contribution is -1.93. The highest BCUT2D eigenvalue weighted by Crippen LogP contribution is 2.30. The van der Waals surface area contributed by atoms with E-state index >= 15 is 0 Å². The van der Waals surface area contributed by atoms with Gasteiger partial charge in [0, 0.05) is 4.90 Å². The van der Waals surface area contributed by atoms with E-state index in [0.29, 0.717) is 10.8 Å². The zero-order valence-electron chi connectivity index (χ0n) is 12.9. The standard InChI is InChI=1S/C18H14N2O2S2/c1-22-12-5-4-6-13(9-12)23-11-16(21)14(10-19)18-20-15-7-2-3-8-17(15)24-18/h2-9,21H,11H2,1H3. The molecule has 0 unspecified atom stereocenters. The van der Waals surface area contributed by atoms with Crippen molar-refractivity contribution in [2.24, 2.45) is 0 Å². The Hall–Kier alpha value is -2.49. The van der Waals surface area contributed by atoms with Crippen molar-refractivity contribution in [2.75, 3.05) is 12.9 Å². The first kappa shape index (κ1) is 16.4. The van der Waals surface area contributed by atoms with E-state index in [1.54, 1.807) is 7.11 Å². The van der Waals surface area contributed by atoms with Gasteiger partial charge in [-0.2, -0.15) is 5.26 Å². The number of hydrogen-bond donors (Lipinski definition) is 1. The number of methoxy groups -OCH3 is 1. The highest BCUT2D eigenvalue weighted by atomic mass is 32.2. The summed E-state index contributed by atoms with van der Waals surface area (Å²) in [7, 11) is 1.61. The lowest BCUT2D eigenvalue weighted by Gasteiger charge is -2.05. The van der Waals surface area contributed by atoms with Crippen LogP contribution in [0.5, 0.6) is 5.75 Å². The first-order valence-corrected chi connectivity index (χ1v) is 8.96. The van der Waals surface area contributed by atoms with Crippen LogP contribution in [0.2, 0.25) is 0 Å². The largest absolute Gasteiger partial charge is 0.510 e. The van der Waals surface area contributed by atoms with Crippen LogP contribution in [0.3, 0.4) is 0 Å². The number of nitriles is 1. The Morgan fingerprint density at radius 2 is 2.12 bits per heavy atom. The van der Waals surface area contributed by atoms with Crippen molar-refractivity contribution in [1.82, 2.24) is 4.98 Å². The molecule has 3 rings (SSSR count). The predicted octanol–water partition coefficient (Wildman–Crippen LogP) is 4.89. The summed E-state index contributed by atoms with van der Waals surface area (Å²) < 4.78 is 6.18. The average Bonchev–Trinajstić information content (AvgIpc) is 3.04. The molecular weight excluding hydrogens is 340 g/mol. The molecule has 1 heterocycles. The third kappa shape index (κ3) is 3.53. The fourth-order valence-corrected chi connectivity index (χ4v) is 3.93. The van der Waals surface area contributed by atoms with Gasteiger partial charge in [-0.05, 0) is 30.3 Å². The molecule has 0 amide bonds. The van der Waals surface area contributed by atoms with Crippen molar-refractivity contribution >= 4 is 38.9 Å². The van der Waals surface area contributed by atoms with Gasteiger partial charge < -0.3 is 9.84 Å². The molecule has 0 radical (unpaired) electrons. The van der Waals surface area contributed by atoms with E-state index in [1.807, 2.05) is 48.5 Å². The summed E-state index contributed by atoms with van der Waals surface area (Å²) in [6.07, 6.45) is 0. The molecule has 1 N–H and O–H groups in total. The maximum atomic E-state index is 10.3. The van der Waals surface area contributed by atoms with E-state index in [9.17, 15) is 10.4 Å². The molecule has 2 aromatic carbocycles. The molecule has 0 aliphatic rings. The van der Waals surface area contributed by atoms with Crippen LogP contribution < -0.4 is 4.74 Å². The number of thioether (sulfide) groups is 1. The number of para-hydroxylation sites is 1. The number of aliphatic hydroxyl groups is 1. The number of allylic oxidation sites excluding steroid dienone is 1. The number of aliphatic hydroxyl groups excluding tert-OH is 1. The van der Waals surface area contributed by atoms with Gasteiger partial charge in [0.05, 0.1) is 23.1 Å². The predicted molar refractivity (Wildman–Crippen MR) is 98.5 cm³/mol. The summed E-state index contributed by atoms with van der Waals surface area (Å²) in [6.45, 7) is 0. The second-order valence-corrected chi connectivity index (χ2v) is 6.97. The van der Waals surface area contributed by atoms with Gasteiger partial charge >= 0.3 is 0 Å². The number of aromatic nitrogens is 1. The number of rotatable bonds is 5. The smallest absolute Gasteiger partial charge is 0.138 e. The van der Waals surface area contributed by atoms with Crippen molar-refractivity contribution in [2.45, 2.75) is 4.90 Å². The summed E-state index contributed by atoms with van der Waals surface area (Å²) in [6, 6.07) is 17.3. The van der Waals surface area contributed by atoms with Gasteiger partial charge in [-0.3, -0.25) is 0 Å². The fourth-order valence-electron chi connectivity index (χ4n) is 2.13. The Labute approximate surface area is 148 Å². The van der Waals surface area contributed by atoms with Crippen LogP contribution in [-0.4, -0.2) is 23.0 Å². The van der Waals surface area contributed by atoms with Gasteiger partial charge in [0.2, 0.25) is 0 Å². The Bertz CT molecular complexity index is 908. The average molecular weight is 354 g/mol. The van der Waals surface area contributed by atoms with Crippen LogP contribution in [0.25, 0.3) is 15.8 Å². The number of fused-ring (bicyclic) bond motifs is 1. The second kappa shape index (κ2) is 7.39. The molecule has 0 saturated carbocycles. The highest BCUT2D eigenvalue weighted by Gasteiger charge is 2.14. The summed E-state index contributed by atoms with van der Waals surface area (Å²) in [4.78, 5) is 5.40. The summed E-state index contributed by atoms with van der Waals surface area (Å²) in [5.74, 6) is 1.09. The van der Waals surface area contributed by atoms with Gasteiger partial charge in [0.25, 0.3) is 0 Å². The van der Waals surface area contributed by atoms with Crippen molar-refractivity contribution in [3.8, 4) is 11.8 Å². The van der Waals surface area contributed by atoms with Crippen LogP contribution in [0.15, 0.2) is 59.2 Å². The second-order valence-electron chi connectivity index (χ2n) is 4.89. The molecule has 0 atom stereocenters. The minimum atomic E-state index is 0.0318. The molecule has 4 nitrogen and oxygen atoms in total. The Morgan fingerprint density at radius 1 is 1.29 bits per heavy atom. The zero-order valence-corrected chi connectivity index (χ0v) is 14.5. The first-order valence-electron chi connectivity index (χ1n) is 7.16. The summed E-state index contributed by atoms with van der Waals surface area (Å²) >= 11 is 2.85. The number of nitrogens with zero attached hydrogens (tertiary/aromatic N) is 2. The van der Waals surface area contributed by atoms with E-state index in [1.165, 1.54) is 23.1 Å². The van der Waals surface area contributed by atoms with Crippen LogP contribution >= 0.6 is 23.1 Å². The van der Waals surface area contributed by atoms with E-state index in [0.717, 1.165) is 20.9 Å². The van der Waals surface area contributed by atoms with Crippen LogP contribution in [-0.2, 0) is 0 Å². The Kier molecular flexibility index (Phi) is 5.04. The number of ether oxygens (including phenoxy) is 1.